The van der Waals surface area contributed by atoms with Gasteiger partial charge in [-0.2, -0.15) is 5.10 Å². The zero-order valence-corrected chi connectivity index (χ0v) is 20.9. The van der Waals surface area contributed by atoms with E-state index in [1.165, 1.54) is 11.6 Å². The lowest BCUT2D eigenvalue weighted by Gasteiger charge is -2.07. The van der Waals surface area contributed by atoms with Gasteiger partial charge in [-0.1, -0.05) is 54.6 Å². The molecule has 0 aliphatic rings. The fourth-order valence-corrected chi connectivity index (χ4v) is 4.57. The summed E-state index contributed by atoms with van der Waals surface area (Å²) >= 11 is 0. The first kappa shape index (κ1) is 24.2. The molecule has 0 saturated heterocycles. The van der Waals surface area contributed by atoms with E-state index in [1.54, 1.807) is 36.5 Å². The van der Waals surface area contributed by atoms with Gasteiger partial charge in [0.15, 0.2) is 5.69 Å². The quantitative estimate of drug-likeness (QED) is 0.252. The summed E-state index contributed by atoms with van der Waals surface area (Å²) in [6.45, 7) is 0. The van der Waals surface area contributed by atoms with Crippen LogP contribution in [0.4, 0.5) is 10.1 Å². The first-order valence-electron chi connectivity index (χ1n) is 12.6. The van der Waals surface area contributed by atoms with Crippen LogP contribution in [0, 0.1) is 5.82 Å². The third-order valence-corrected chi connectivity index (χ3v) is 6.57. The number of H-pyrrole nitrogens is 1. The van der Waals surface area contributed by atoms with E-state index in [0.717, 1.165) is 28.6 Å². The molecule has 0 bridgehead atoms. The Bertz CT molecular complexity index is 1760. The Kier molecular flexibility index (Phi) is 6.62. The molecule has 1 amide bonds. The molecule has 190 valence electrons. The molecule has 6 rings (SSSR count). The number of rotatable bonds is 7. The van der Waals surface area contributed by atoms with Crippen molar-refractivity contribution in [2.24, 2.45) is 0 Å². The molecular weight excluding hydrogens is 489 g/mol. The van der Waals surface area contributed by atoms with E-state index in [2.05, 4.69) is 43.7 Å². The average Bonchev–Trinajstić information content (AvgIpc) is 3.40. The van der Waals surface area contributed by atoms with Gasteiger partial charge in [0.2, 0.25) is 0 Å². The molecule has 3 heterocycles. The average molecular weight is 514 g/mol. The van der Waals surface area contributed by atoms with Crippen LogP contribution in [0.1, 0.15) is 32.9 Å². The lowest BCUT2D eigenvalue weighted by molar-refractivity contribution is 0.102. The van der Waals surface area contributed by atoms with Crippen molar-refractivity contribution in [1.82, 2.24) is 20.2 Å². The lowest BCUT2D eigenvalue weighted by atomic mass is 10.0. The highest BCUT2D eigenvalue weighted by Crippen LogP contribution is 2.27. The maximum absolute atomic E-state index is 14.0. The summed E-state index contributed by atoms with van der Waals surface area (Å²) in [5.41, 5.74) is 7.09. The SMILES string of the molecule is O=C(Nc1ccc(Cc2ccccc2F)nc1)c1n[nH]c2ccc(-c3cncc(Cc4ccccc4)c3)cc12. The minimum Gasteiger partial charge on any atom is -0.319 e. The number of benzene rings is 3. The van der Waals surface area contributed by atoms with Gasteiger partial charge in [-0.25, -0.2) is 4.39 Å². The van der Waals surface area contributed by atoms with Crippen molar-refractivity contribution in [3.8, 4) is 11.1 Å². The number of halogens is 1. The maximum atomic E-state index is 14.0. The van der Waals surface area contributed by atoms with Gasteiger partial charge in [-0.3, -0.25) is 19.9 Å². The van der Waals surface area contributed by atoms with E-state index < -0.39 is 0 Å². The van der Waals surface area contributed by atoms with Gasteiger partial charge in [-0.15, -0.1) is 0 Å². The predicted octanol–water partition coefficient (Wildman–Crippen LogP) is 6.59. The van der Waals surface area contributed by atoms with Crippen LogP contribution in [0.3, 0.4) is 0 Å². The lowest BCUT2D eigenvalue weighted by Crippen LogP contribution is -2.13. The van der Waals surface area contributed by atoms with Crippen LogP contribution in [0.2, 0.25) is 0 Å². The summed E-state index contributed by atoms with van der Waals surface area (Å²) in [7, 11) is 0. The molecule has 0 spiro atoms. The van der Waals surface area contributed by atoms with E-state index in [-0.39, 0.29) is 17.4 Å². The Labute approximate surface area is 224 Å². The summed E-state index contributed by atoms with van der Waals surface area (Å²) in [6.07, 6.45) is 6.43. The van der Waals surface area contributed by atoms with Crippen LogP contribution in [0.5, 0.6) is 0 Å². The number of nitrogens with one attached hydrogen (secondary N) is 2. The highest BCUT2D eigenvalue weighted by atomic mass is 19.1. The molecule has 0 saturated carbocycles. The Morgan fingerprint density at radius 1 is 0.795 bits per heavy atom. The van der Waals surface area contributed by atoms with Crippen molar-refractivity contribution in [3.05, 3.63) is 143 Å². The van der Waals surface area contributed by atoms with Gasteiger partial charge in [0.1, 0.15) is 5.82 Å². The van der Waals surface area contributed by atoms with Crippen molar-refractivity contribution in [1.29, 1.82) is 0 Å². The van der Waals surface area contributed by atoms with Gasteiger partial charge >= 0.3 is 0 Å². The minimum atomic E-state index is -0.349. The van der Waals surface area contributed by atoms with E-state index in [4.69, 9.17) is 0 Å². The molecule has 3 aromatic carbocycles. The number of amides is 1. The highest BCUT2D eigenvalue weighted by molar-refractivity contribution is 6.11. The summed E-state index contributed by atoms with van der Waals surface area (Å²) in [6, 6.07) is 28.4. The van der Waals surface area contributed by atoms with Crippen LogP contribution < -0.4 is 5.32 Å². The van der Waals surface area contributed by atoms with E-state index >= 15 is 0 Å². The number of carbonyl (C=O) groups excluding carboxylic acids is 1. The number of pyridine rings is 2. The van der Waals surface area contributed by atoms with Crippen LogP contribution in [0.15, 0.2) is 110 Å². The Balaban J connectivity index is 1.20. The van der Waals surface area contributed by atoms with E-state index in [1.807, 2.05) is 48.8 Å². The molecule has 0 fully saturated rings. The molecule has 0 radical (unpaired) electrons. The Hall–Kier alpha value is -5.17. The van der Waals surface area contributed by atoms with Gasteiger partial charge in [0, 0.05) is 35.5 Å². The minimum absolute atomic E-state index is 0.264. The molecule has 3 aromatic heterocycles. The molecule has 6 nitrogen and oxygen atoms in total. The smallest absolute Gasteiger partial charge is 0.276 e. The number of nitrogens with zero attached hydrogens (tertiary/aromatic N) is 3. The van der Waals surface area contributed by atoms with Crippen molar-refractivity contribution >= 4 is 22.5 Å². The van der Waals surface area contributed by atoms with Gasteiger partial charge in [0.05, 0.1) is 17.4 Å². The third-order valence-electron chi connectivity index (χ3n) is 6.57. The summed E-state index contributed by atoms with van der Waals surface area (Å²) in [4.78, 5) is 22.0. The molecule has 0 aliphatic heterocycles. The number of aromatic amines is 1. The van der Waals surface area contributed by atoms with Gasteiger partial charge in [-0.05, 0) is 65.1 Å². The highest BCUT2D eigenvalue weighted by Gasteiger charge is 2.16. The zero-order chi connectivity index (χ0) is 26.6. The van der Waals surface area contributed by atoms with Gasteiger partial charge in [0.25, 0.3) is 5.91 Å². The van der Waals surface area contributed by atoms with Crippen molar-refractivity contribution < 1.29 is 9.18 Å². The number of hydrogen-bond acceptors (Lipinski definition) is 4. The van der Waals surface area contributed by atoms with Crippen LogP contribution in [0.25, 0.3) is 22.0 Å². The monoisotopic (exact) mass is 513 g/mol. The second-order valence-corrected chi connectivity index (χ2v) is 9.34. The fraction of sp³-hybridized carbons (Fsp3) is 0.0625. The number of fused-ring (bicyclic) bond motifs is 1. The predicted molar refractivity (Wildman–Crippen MR) is 150 cm³/mol. The second-order valence-electron chi connectivity index (χ2n) is 9.34. The topological polar surface area (TPSA) is 83.6 Å². The number of hydrogen-bond donors (Lipinski definition) is 2. The fourth-order valence-electron chi connectivity index (χ4n) is 4.57. The van der Waals surface area contributed by atoms with Crippen LogP contribution >= 0.6 is 0 Å². The van der Waals surface area contributed by atoms with Gasteiger partial charge < -0.3 is 5.32 Å². The molecular formula is C32H24FN5O. The number of aromatic nitrogens is 4. The maximum Gasteiger partial charge on any atom is 0.276 e. The first-order valence-corrected chi connectivity index (χ1v) is 12.6. The molecule has 0 atom stereocenters. The Morgan fingerprint density at radius 3 is 2.46 bits per heavy atom. The standard InChI is InChI=1S/C32H24FN5O/c33-29-9-5-4-8-24(29)16-26-11-12-27(20-35-26)36-32(39)31-28-17-23(10-13-30(28)37-38-31)25-15-22(18-34-19-25)14-21-6-2-1-3-7-21/h1-13,15,17-20H,14,16H2,(H,36,39)(H,37,38). The summed E-state index contributed by atoms with van der Waals surface area (Å²) in [5, 5.41) is 10.8. The zero-order valence-electron chi connectivity index (χ0n) is 20.9. The molecule has 39 heavy (non-hydrogen) atoms. The van der Waals surface area contributed by atoms with E-state index in [9.17, 15) is 9.18 Å². The molecule has 0 unspecified atom stereocenters. The second kappa shape index (κ2) is 10.7. The molecule has 0 aliphatic carbocycles. The molecule has 6 aromatic rings. The number of anilines is 1. The normalized spacial score (nSPS) is 11.0. The van der Waals surface area contributed by atoms with Crippen LogP contribution in [-0.2, 0) is 12.8 Å². The number of carbonyl (C=O) groups is 1. The Morgan fingerprint density at radius 2 is 1.64 bits per heavy atom. The van der Waals surface area contributed by atoms with Crippen LogP contribution in [-0.4, -0.2) is 26.1 Å². The van der Waals surface area contributed by atoms with E-state index in [0.29, 0.717) is 28.8 Å². The molecule has 2 N–H and O–H groups in total. The summed E-state index contributed by atoms with van der Waals surface area (Å²) < 4.78 is 14.0. The largest absolute Gasteiger partial charge is 0.319 e. The third kappa shape index (κ3) is 5.43. The van der Waals surface area contributed by atoms with Crippen molar-refractivity contribution in [2.75, 3.05) is 5.32 Å². The van der Waals surface area contributed by atoms with Crippen molar-refractivity contribution in [2.45, 2.75) is 12.8 Å². The summed E-state index contributed by atoms with van der Waals surface area (Å²) in [5.74, 6) is -0.613. The molecule has 7 heteroatoms. The first-order chi connectivity index (χ1) is 19.1. The van der Waals surface area contributed by atoms with Crippen molar-refractivity contribution in [3.63, 3.8) is 0 Å².